The summed E-state index contributed by atoms with van der Waals surface area (Å²) in [5, 5.41) is 0. The molecule has 1 heterocycles. The molecule has 5 heteroatoms. The van der Waals surface area contributed by atoms with Gasteiger partial charge in [-0.1, -0.05) is 42.5 Å². The lowest BCUT2D eigenvalue weighted by Crippen LogP contribution is -2.29. The average molecular weight is 357 g/mol. The van der Waals surface area contributed by atoms with Crippen LogP contribution in [0, 0.1) is 0 Å². The van der Waals surface area contributed by atoms with Crippen LogP contribution in [0.25, 0.3) is 11.1 Å². The van der Waals surface area contributed by atoms with Gasteiger partial charge in [0.2, 0.25) is 0 Å². The molecule has 3 aromatic rings. The summed E-state index contributed by atoms with van der Waals surface area (Å²) in [5.74, 6) is -1.10. The molecule has 1 aliphatic heterocycles. The fraction of sp³-hybridized carbons (Fsp3) is 0.0455. The summed E-state index contributed by atoms with van der Waals surface area (Å²) in [4.78, 5) is 38.5. The van der Waals surface area contributed by atoms with Crippen molar-refractivity contribution in [1.29, 1.82) is 0 Å². The molecule has 0 N–H and O–H groups in total. The zero-order chi connectivity index (χ0) is 19.0. The Balaban J connectivity index is 1.78. The summed E-state index contributed by atoms with van der Waals surface area (Å²) >= 11 is 0. The zero-order valence-corrected chi connectivity index (χ0v) is 14.5. The average Bonchev–Trinajstić information content (AvgIpc) is 2.98. The minimum Gasteiger partial charge on any atom is -0.465 e. The quantitative estimate of drug-likeness (QED) is 0.526. The number of amides is 2. The zero-order valence-electron chi connectivity index (χ0n) is 14.5. The molecule has 3 aromatic carbocycles. The van der Waals surface area contributed by atoms with Gasteiger partial charge in [-0.05, 0) is 35.9 Å². The second-order valence-corrected chi connectivity index (χ2v) is 6.08. The number of hydrogen-bond donors (Lipinski definition) is 0. The topological polar surface area (TPSA) is 63.7 Å². The lowest BCUT2D eigenvalue weighted by Gasteiger charge is -2.18. The van der Waals surface area contributed by atoms with E-state index in [2.05, 4.69) is 0 Å². The number of imide groups is 1. The van der Waals surface area contributed by atoms with Crippen LogP contribution >= 0.6 is 0 Å². The highest BCUT2D eigenvalue weighted by molar-refractivity contribution is 6.35. The lowest BCUT2D eigenvalue weighted by molar-refractivity contribution is 0.0600. The van der Waals surface area contributed by atoms with Crippen LogP contribution in [0.2, 0.25) is 0 Å². The molecule has 0 aliphatic carbocycles. The first-order valence-corrected chi connectivity index (χ1v) is 8.37. The van der Waals surface area contributed by atoms with Gasteiger partial charge in [-0.2, -0.15) is 0 Å². The van der Waals surface area contributed by atoms with Crippen molar-refractivity contribution in [2.75, 3.05) is 12.0 Å². The summed E-state index contributed by atoms with van der Waals surface area (Å²) in [6, 6.07) is 20.8. The van der Waals surface area contributed by atoms with E-state index in [0.717, 1.165) is 11.1 Å². The van der Waals surface area contributed by atoms with Gasteiger partial charge in [0.25, 0.3) is 11.8 Å². The Morgan fingerprint density at radius 2 is 1.26 bits per heavy atom. The Kier molecular flexibility index (Phi) is 4.05. The third-order valence-corrected chi connectivity index (χ3v) is 4.56. The molecule has 5 nitrogen and oxygen atoms in total. The summed E-state index contributed by atoms with van der Waals surface area (Å²) in [6.45, 7) is 0. The van der Waals surface area contributed by atoms with Crippen molar-refractivity contribution < 1.29 is 19.1 Å². The third kappa shape index (κ3) is 2.69. The maximum Gasteiger partial charge on any atom is 0.337 e. The molecule has 27 heavy (non-hydrogen) atoms. The van der Waals surface area contributed by atoms with Crippen LogP contribution in [-0.4, -0.2) is 24.9 Å². The van der Waals surface area contributed by atoms with E-state index in [1.54, 1.807) is 60.7 Å². The van der Waals surface area contributed by atoms with Crippen molar-refractivity contribution >= 4 is 23.5 Å². The van der Waals surface area contributed by atoms with Crippen LogP contribution < -0.4 is 4.90 Å². The molecule has 0 saturated heterocycles. The van der Waals surface area contributed by atoms with Gasteiger partial charge in [0, 0.05) is 5.56 Å². The van der Waals surface area contributed by atoms with Crippen LogP contribution in [-0.2, 0) is 4.74 Å². The Morgan fingerprint density at radius 3 is 1.81 bits per heavy atom. The summed E-state index contributed by atoms with van der Waals surface area (Å²) in [6.07, 6.45) is 0. The van der Waals surface area contributed by atoms with Gasteiger partial charge in [0.1, 0.15) is 0 Å². The van der Waals surface area contributed by atoms with Crippen molar-refractivity contribution in [2.45, 2.75) is 0 Å². The smallest absolute Gasteiger partial charge is 0.337 e. The van der Waals surface area contributed by atoms with Crippen LogP contribution in [0.1, 0.15) is 31.1 Å². The van der Waals surface area contributed by atoms with Gasteiger partial charge >= 0.3 is 5.97 Å². The number of rotatable bonds is 3. The number of fused-ring (bicyclic) bond motifs is 1. The molecule has 0 radical (unpaired) electrons. The standard InChI is InChI=1S/C22H15NO4/c1-27-22(26)15-12-10-14(11-13-15)16-6-4-5-9-19(16)23-20(24)17-7-2-3-8-18(17)21(23)25/h2-13H,1H3. The summed E-state index contributed by atoms with van der Waals surface area (Å²) in [5.41, 5.74) is 3.25. The maximum atomic E-state index is 12.8. The first kappa shape index (κ1) is 16.7. The summed E-state index contributed by atoms with van der Waals surface area (Å²) in [7, 11) is 1.33. The van der Waals surface area contributed by atoms with E-state index >= 15 is 0 Å². The molecule has 0 unspecified atom stereocenters. The predicted octanol–water partition coefficient (Wildman–Crippen LogP) is 3.94. The Labute approximate surface area is 155 Å². The molecule has 0 fully saturated rings. The number of methoxy groups -OCH3 is 1. The minimum atomic E-state index is -0.421. The Morgan fingerprint density at radius 1 is 0.741 bits per heavy atom. The lowest BCUT2D eigenvalue weighted by atomic mass is 10.0. The van der Waals surface area contributed by atoms with Crippen LogP contribution in [0.4, 0.5) is 5.69 Å². The van der Waals surface area contributed by atoms with Gasteiger partial charge in [-0.3, -0.25) is 9.59 Å². The van der Waals surface area contributed by atoms with Gasteiger partial charge < -0.3 is 4.74 Å². The van der Waals surface area contributed by atoms with Crippen LogP contribution in [0.3, 0.4) is 0 Å². The molecule has 0 bridgehead atoms. The molecular weight excluding hydrogens is 342 g/mol. The molecule has 0 aromatic heterocycles. The normalized spacial score (nSPS) is 12.9. The number of carbonyl (C=O) groups is 3. The van der Waals surface area contributed by atoms with Crippen molar-refractivity contribution in [1.82, 2.24) is 0 Å². The van der Waals surface area contributed by atoms with E-state index in [-0.39, 0.29) is 11.8 Å². The number of benzene rings is 3. The number of ether oxygens (including phenoxy) is 1. The second kappa shape index (κ2) is 6.53. The van der Waals surface area contributed by atoms with E-state index in [0.29, 0.717) is 22.4 Å². The number of esters is 1. The Hall–Kier alpha value is -3.73. The molecule has 0 saturated carbocycles. The molecule has 0 spiro atoms. The number of hydrogen-bond acceptors (Lipinski definition) is 4. The molecule has 0 atom stereocenters. The number of nitrogens with zero attached hydrogens (tertiary/aromatic N) is 1. The van der Waals surface area contributed by atoms with E-state index < -0.39 is 5.97 Å². The van der Waals surface area contributed by atoms with Crippen molar-refractivity contribution in [2.24, 2.45) is 0 Å². The van der Waals surface area contributed by atoms with Gasteiger partial charge in [0.15, 0.2) is 0 Å². The fourth-order valence-electron chi connectivity index (χ4n) is 3.22. The molecule has 1 aliphatic rings. The molecule has 2 amide bonds. The number of anilines is 1. The minimum absolute atomic E-state index is 0.339. The van der Waals surface area contributed by atoms with E-state index in [1.165, 1.54) is 12.0 Å². The first-order chi connectivity index (χ1) is 13.1. The highest BCUT2D eigenvalue weighted by Gasteiger charge is 2.37. The summed E-state index contributed by atoms with van der Waals surface area (Å²) < 4.78 is 4.71. The van der Waals surface area contributed by atoms with E-state index in [9.17, 15) is 14.4 Å². The van der Waals surface area contributed by atoms with Crippen molar-refractivity contribution in [3.05, 3.63) is 89.5 Å². The highest BCUT2D eigenvalue weighted by atomic mass is 16.5. The Bertz CT molecular complexity index is 1030. The number of para-hydroxylation sites is 1. The monoisotopic (exact) mass is 357 g/mol. The van der Waals surface area contributed by atoms with E-state index in [1.807, 2.05) is 12.1 Å². The van der Waals surface area contributed by atoms with Crippen molar-refractivity contribution in [3.8, 4) is 11.1 Å². The van der Waals surface area contributed by atoms with Crippen LogP contribution in [0.5, 0.6) is 0 Å². The van der Waals surface area contributed by atoms with Gasteiger partial charge in [0.05, 0.1) is 29.5 Å². The highest BCUT2D eigenvalue weighted by Crippen LogP contribution is 2.36. The second-order valence-electron chi connectivity index (χ2n) is 6.08. The molecule has 132 valence electrons. The fourth-order valence-corrected chi connectivity index (χ4v) is 3.22. The van der Waals surface area contributed by atoms with Gasteiger partial charge in [-0.25, -0.2) is 9.69 Å². The SMILES string of the molecule is COC(=O)c1ccc(-c2ccccc2N2C(=O)c3ccccc3C2=O)cc1. The van der Waals surface area contributed by atoms with Crippen LogP contribution in [0.15, 0.2) is 72.8 Å². The largest absolute Gasteiger partial charge is 0.465 e. The molecule has 4 rings (SSSR count). The number of carbonyl (C=O) groups excluding carboxylic acids is 3. The van der Waals surface area contributed by atoms with E-state index in [4.69, 9.17) is 4.74 Å². The predicted molar refractivity (Wildman–Crippen MR) is 101 cm³/mol. The first-order valence-electron chi connectivity index (χ1n) is 8.37. The van der Waals surface area contributed by atoms with Crippen molar-refractivity contribution in [3.63, 3.8) is 0 Å². The maximum absolute atomic E-state index is 12.8. The molecular formula is C22H15NO4. The van der Waals surface area contributed by atoms with Gasteiger partial charge in [-0.15, -0.1) is 0 Å². The third-order valence-electron chi connectivity index (χ3n) is 4.56.